The van der Waals surface area contributed by atoms with Crippen molar-refractivity contribution in [2.75, 3.05) is 11.9 Å². The minimum atomic E-state index is -0.385. The Bertz CT molecular complexity index is 513. The van der Waals surface area contributed by atoms with Crippen molar-refractivity contribution in [3.63, 3.8) is 0 Å². The van der Waals surface area contributed by atoms with Gasteiger partial charge in [0.15, 0.2) is 0 Å². The molecule has 0 radical (unpaired) electrons. The lowest BCUT2D eigenvalue weighted by atomic mass is 10.2. The molecule has 1 N–H and O–H groups in total. The third kappa shape index (κ3) is 4.55. The molecule has 0 aromatic heterocycles. The molecule has 0 heterocycles. The van der Waals surface area contributed by atoms with Gasteiger partial charge in [0.05, 0.1) is 0 Å². The minimum Gasteiger partial charge on any atom is -0.339 e. The number of halogens is 1. The van der Waals surface area contributed by atoms with Crippen LogP contribution < -0.4 is 5.32 Å². The molecule has 5 heteroatoms. The van der Waals surface area contributed by atoms with E-state index >= 15 is 0 Å². The summed E-state index contributed by atoms with van der Waals surface area (Å²) in [6, 6.07) is 6.06. The van der Waals surface area contributed by atoms with Crippen LogP contribution in [0.3, 0.4) is 0 Å². The molecule has 0 saturated heterocycles. The average Bonchev–Trinajstić information content (AvgIpc) is 2.92. The van der Waals surface area contributed by atoms with Gasteiger partial charge in [-0.05, 0) is 31.0 Å². The van der Waals surface area contributed by atoms with E-state index in [1.807, 2.05) is 0 Å². The van der Waals surface area contributed by atoms with Gasteiger partial charge in [-0.15, -0.1) is 0 Å². The predicted molar refractivity (Wildman–Crippen MR) is 79.3 cm³/mol. The number of amides is 2. The van der Waals surface area contributed by atoms with E-state index in [2.05, 4.69) is 5.32 Å². The number of rotatable bonds is 5. The number of hydrogen-bond donors (Lipinski definition) is 1. The highest BCUT2D eigenvalue weighted by Crippen LogP contribution is 2.23. The molecule has 1 aliphatic carbocycles. The molecule has 1 saturated carbocycles. The topological polar surface area (TPSA) is 49.4 Å². The number of carbonyl (C=O) groups excluding carboxylic acids is 2. The lowest BCUT2D eigenvalue weighted by Gasteiger charge is -2.27. The highest BCUT2D eigenvalue weighted by atomic mass is 19.1. The molecule has 0 bridgehead atoms. The first-order valence-corrected chi connectivity index (χ1v) is 7.39. The lowest BCUT2D eigenvalue weighted by molar-refractivity contribution is -0.131. The summed E-state index contributed by atoms with van der Waals surface area (Å²) in [6.07, 6.45) is 4.55. The predicted octanol–water partition coefficient (Wildman–Crippen LogP) is 2.95. The number of anilines is 1. The van der Waals surface area contributed by atoms with Crippen molar-refractivity contribution < 1.29 is 14.0 Å². The summed E-state index contributed by atoms with van der Waals surface area (Å²) in [7, 11) is 0. The van der Waals surface area contributed by atoms with Gasteiger partial charge in [0.25, 0.3) is 0 Å². The number of nitrogens with one attached hydrogen (secondary N) is 1. The first-order chi connectivity index (χ1) is 10.1. The van der Waals surface area contributed by atoms with Crippen LogP contribution in [0.15, 0.2) is 24.3 Å². The molecular weight excluding hydrogens is 271 g/mol. The van der Waals surface area contributed by atoms with Crippen LogP contribution in [0.25, 0.3) is 0 Å². The maximum atomic E-state index is 13.0. The van der Waals surface area contributed by atoms with Crippen molar-refractivity contribution in [1.82, 2.24) is 4.90 Å². The van der Waals surface area contributed by atoms with Gasteiger partial charge in [0, 0.05) is 31.6 Å². The fraction of sp³-hybridized carbons (Fsp3) is 0.500. The number of benzene rings is 1. The van der Waals surface area contributed by atoms with Crippen LogP contribution in [0.1, 0.15) is 39.0 Å². The Labute approximate surface area is 124 Å². The zero-order valence-corrected chi connectivity index (χ0v) is 12.3. The van der Waals surface area contributed by atoms with E-state index in [0.717, 1.165) is 25.7 Å². The standard InChI is InChI=1S/C16H21FN2O2/c1-12(20)19(15-7-2-3-8-15)10-9-16(21)18-14-6-4-5-13(17)11-14/h4-6,11,15H,2-3,7-10H2,1H3,(H,18,21). The van der Waals surface area contributed by atoms with Crippen LogP contribution in [-0.2, 0) is 9.59 Å². The Morgan fingerprint density at radius 2 is 2.05 bits per heavy atom. The Morgan fingerprint density at radius 1 is 1.33 bits per heavy atom. The van der Waals surface area contributed by atoms with Crippen molar-refractivity contribution in [1.29, 1.82) is 0 Å². The molecule has 2 amide bonds. The van der Waals surface area contributed by atoms with Gasteiger partial charge >= 0.3 is 0 Å². The van der Waals surface area contributed by atoms with Crippen molar-refractivity contribution >= 4 is 17.5 Å². The maximum Gasteiger partial charge on any atom is 0.226 e. The summed E-state index contributed by atoms with van der Waals surface area (Å²) in [5, 5.41) is 2.65. The summed E-state index contributed by atoms with van der Waals surface area (Å²) in [5.41, 5.74) is 0.440. The second-order valence-corrected chi connectivity index (χ2v) is 5.46. The minimum absolute atomic E-state index is 0.0143. The molecule has 0 atom stereocenters. The molecule has 2 rings (SSSR count). The third-order valence-corrected chi connectivity index (χ3v) is 3.86. The first-order valence-electron chi connectivity index (χ1n) is 7.39. The first kappa shape index (κ1) is 15.5. The molecule has 0 aliphatic heterocycles. The molecular formula is C16H21FN2O2. The van der Waals surface area contributed by atoms with Gasteiger partial charge in [0.1, 0.15) is 5.82 Å². The highest BCUT2D eigenvalue weighted by Gasteiger charge is 2.24. The molecule has 0 spiro atoms. The van der Waals surface area contributed by atoms with E-state index in [1.165, 1.54) is 12.1 Å². The fourth-order valence-electron chi connectivity index (χ4n) is 2.82. The van der Waals surface area contributed by atoms with Crippen LogP contribution in [-0.4, -0.2) is 29.3 Å². The molecule has 1 aliphatic rings. The second-order valence-electron chi connectivity index (χ2n) is 5.46. The SMILES string of the molecule is CC(=O)N(CCC(=O)Nc1cccc(F)c1)C1CCCC1. The number of carbonyl (C=O) groups is 2. The van der Waals surface area contributed by atoms with E-state index in [4.69, 9.17) is 0 Å². The molecule has 21 heavy (non-hydrogen) atoms. The average molecular weight is 292 g/mol. The summed E-state index contributed by atoms with van der Waals surface area (Å²) in [6.45, 7) is 1.96. The number of hydrogen-bond acceptors (Lipinski definition) is 2. The van der Waals surface area contributed by atoms with E-state index < -0.39 is 0 Å². The van der Waals surface area contributed by atoms with Crippen molar-refractivity contribution in [2.45, 2.75) is 45.1 Å². The number of nitrogens with zero attached hydrogens (tertiary/aromatic N) is 1. The van der Waals surface area contributed by atoms with Gasteiger partial charge in [-0.3, -0.25) is 9.59 Å². The van der Waals surface area contributed by atoms with Crippen molar-refractivity contribution in [2.24, 2.45) is 0 Å². The molecule has 114 valence electrons. The Kier molecular flexibility index (Phi) is 5.31. The van der Waals surface area contributed by atoms with Gasteiger partial charge in [-0.25, -0.2) is 4.39 Å². The highest BCUT2D eigenvalue weighted by molar-refractivity contribution is 5.91. The van der Waals surface area contributed by atoms with E-state index in [0.29, 0.717) is 12.2 Å². The van der Waals surface area contributed by atoms with Crippen molar-refractivity contribution in [3.05, 3.63) is 30.1 Å². The maximum absolute atomic E-state index is 13.0. The lowest BCUT2D eigenvalue weighted by Crippen LogP contribution is -2.39. The van der Waals surface area contributed by atoms with E-state index in [1.54, 1.807) is 24.0 Å². The quantitative estimate of drug-likeness (QED) is 0.907. The molecule has 1 fully saturated rings. The smallest absolute Gasteiger partial charge is 0.226 e. The van der Waals surface area contributed by atoms with E-state index in [9.17, 15) is 14.0 Å². The molecule has 1 aromatic carbocycles. The van der Waals surface area contributed by atoms with Gasteiger partial charge in [-0.1, -0.05) is 18.9 Å². The van der Waals surface area contributed by atoms with Crippen molar-refractivity contribution in [3.8, 4) is 0 Å². The van der Waals surface area contributed by atoms with Crippen LogP contribution in [0.5, 0.6) is 0 Å². The summed E-state index contributed by atoms with van der Waals surface area (Å²) in [4.78, 5) is 25.4. The summed E-state index contributed by atoms with van der Waals surface area (Å²) in [5.74, 6) is -0.575. The Hall–Kier alpha value is -1.91. The van der Waals surface area contributed by atoms with E-state index in [-0.39, 0.29) is 30.1 Å². The molecule has 1 aromatic rings. The van der Waals surface area contributed by atoms with Gasteiger partial charge in [-0.2, -0.15) is 0 Å². The van der Waals surface area contributed by atoms with Gasteiger partial charge < -0.3 is 10.2 Å². The van der Waals surface area contributed by atoms with Crippen LogP contribution >= 0.6 is 0 Å². The normalized spacial score (nSPS) is 15.0. The molecule has 4 nitrogen and oxygen atoms in total. The Balaban J connectivity index is 1.85. The largest absolute Gasteiger partial charge is 0.339 e. The van der Waals surface area contributed by atoms with Crippen LogP contribution in [0, 0.1) is 5.82 Å². The van der Waals surface area contributed by atoms with Gasteiger partial charge in [0.2, 0.25) is 11.8 Å². The summed E-state index contributed by atoms with van der Waals surface area (Å²) >= 11 is 0. The zero-order chi connectivity index (χ0) is 15.2. The zero-order valence-electron chi connectivity index (χ0n) is 12.3. The third-order valence-electron chi connectivity index (χ3n) is 3.86. The molecule has 0 unspecified atom stereocenters. The monoisotopic (exact) mass is 292 g/mol. The Morgan fingerprint density at radius 3 is 2.67 bits per heavy atom. The van der Waals surface area contributed by atoms with Crippen LogP contribution in [0.4, 0.5) is 10.1 Å². The second kappa shape index (κ2) is 7.20. The summed E-state index contributed by atoms with van der Waals surface area (Å²) < 4.78 is 13.0. The fourth-order valence-corrected chi connectivity index (χ4v) is 2.82. The van der Waals surface area contributed by atoms with Crippen LogP contribution in [0.2, 0.25) is 0 Å².